The summed E-state index contributed by atoms with van der Waals surface area (Å²) in [6.45, 7) is 3.13. The smallest absolute Gasteiger partial charge is 0.315 e. The lowest BCUT2D eigenvalue weighted by atomic mass is 9.60. The zero-order chi connectivity index (χ0) is 17.3. The van der Waals surface area contributed by atoms with E-state index in [9.17, 15) is 4.79 Å². The zero-order valence-electron chi connectivity index (χ0n) is 14.6. The molecule has 2 aromatic heterocycles. The van der Waals surface area contributed by atoms with Gasteiger partial charge in [0.2, 0.25) is 0 Å². The largest absolute Gasteiger partial charge is 0.378 e. The summed E-state index contributed by atoms with van der Waals surface area (Å²) in [4.78, 5) is 12.4. The van der Waals surface area contributed by atoms with E-state index in [-0.39, 0.29) is 17.5 Å². The van der Waals surface area contributed by atoms with Gasteiger partial charge in [0.25, 0.3) is 0 Å². The van der Waals surface area contributed by atoms with Crippen molar-refractivity contribution in [1.82, 2.24) is 25.2 Å². The van der Waals surface area contributed by atoms with Crippen molar-refractivity contribution in [1.29, 1.82) is 0 Å². The molecule has 0 aromatic carbocycles. The van der Waals surface area contributed by atoms with Gasteiger partial charge < -0.3 is 15.4 Å². The molecule has 0 bridgehead atoms. The maximum atomic E-state index is 12.4. The van der Waals surface area contributed by atoms with Crippen LogP contribution in [-0.2, 0) is 11.3 Å². The summed E-state index contributed by atoms with van der Waals surface area (Å²) in [6, 6.07) is 5.80. The average molecular weight is 343 g/mol. The van der Waals surface area contributed by atoms with E-state index in [2.05, 4.69) is 20.8 Å². The lowest BCUT2D eigenvalue weighted by molar-refractivity contribution is -0.126. The fourth-order valence-corrected chi connectivity index (χ4v) is 4.47. The second-order valence-electron chi connectivity index (χ2n) is 7.04. The maximum absolute atomic E-state index is 12.4. The number of nitrogens with one attached hydrogen (secondary N) is 2. The number of hydrogen-bond donors (Lipinski definition) is 2. The lowest BCUT2D eigenvalue weighted by Crippen LogP contribution is -2.64. The van der Waals surface area contributed by atoms with Crippen LogP contribution in [0.3, 0.4) is 0 Å². The molecule has 2 heterocycles. The van der Waals surface area contributed by atoms with Crippen molar-refractivity contribution in [3.05, 3.63) is 30.2 Å². The minimum Gasteiger partial charge on any atom is -0.378 e. The number of carbonyl (C=O) groups excluding carboxylic acids is 1. The average Bonchev–Trinajstić information content (AvgIpc) is 3.28. The van der Waals surface area contributed by atoms with E-state index in [1.165, 1.54) is 12.8 Å². The molecule has 0 unspecified atom stereocenters. The Labute approximate surface area is 147 Å². The van der Waals surface area contributed by atoms with Crippen LogP contribution in [0.15, 0.2) is 24.4 Å². The Balaban J connectivity index is 1.35. The first-order valence-electron chi connectivity index (χ1n) is 9.17. The van der Waals surface area contributed by atoms with Gasteiger partial charge in [0.05, 0.1) is 12.6 Å². The van der Waals surface area contributed by atoms with Crippen LogP contribution in [0.1, 0.15) is 44.9 Å². The van der Waals surface area contributed by atoms with E-state index in [1.807, 2.05) is 35.7 Å². The van der Waals surface area contributed by atoms with Crippen LogP contribution in [0.5, 0.6) is 0 Å². The number of rotatable bonds is 5. The molecule has 7 nitrogen and oxygen atoms in total. The summed E-state index contributed by atoms with van der Waals surface area (Å²) in [6.07, 6.45) is 7.87. The van der Waals surface area contributed by atoms with Gasteiger partial charge in [0, 0.05) is 24.3 Å². The standard InChI is InChI=1S/C18H25N5O2/c1-2-25-14-11-13(18(14)8-4-5-9-18)20-17(24)19-12-16-22-21-15-7-3-6-10-23(15)16/h3,6-7,10,13-14H,2,4-5,8-9,11-12H2,1H3,(H2,19,20,24)/t13-,14+/m0/s1. The van der Waals surface area contributed by atoms with Crippen molar-refractivity contribution < 1.29 is 9.53 Å². The minimum atomic E-state index is -0.140. The van der Waals surface area contributed by atoms with E-state index < -0.39 is 0 Å². The van der Waals surface area contributed by atoms with Crippen molar-refractivity contribution >= 4 is 11.7 Å². The second kappa shape index (κ2) is 6.63. The first kappa shape index (κ1) is 16.3. The molecule has 0 radical (unpaired) electrons. The van der Waals surface area contributed by atoms with Crippen molar-refractivity contribution in [3.63, 3.8) is 0 Å². The predicted molar refractivity (Wildman–Crippen MR) is 93.1 cm³/mol. The molecule has 2 saturated carbocycles. The first-order chi connectivity index (χ1) is 12.2. The molecule has 2 N–H and O–H groups in total. The monoisotopic (exact) mass is 343 g/mol. The highest BCUT2D eigenvalue weighted by atomic mass is 16.5. The van der Waals surface area contributed by atoms with Crippen molar-refractivity contribution in [2.45, 2.75) is 57.7 Å². The molecule has 2 aliphatic carbocycles. The molecule has 0 aliphatic heterocycles. The summed E-state index contributed by atoms with van der Waals surface area (Å²) in [5.74, 6) is 0.724. The third-order valence-electron chi connectivity index (χ3n) is 5.78. The van der Waals surface area contributed by atoms with E-state index in [4.69, 9.17) is 4.74 Å². The Kier molecular flexibility index (Phi) is 4.33. The number of carbonyl (C=O) groups is 1. The molecule has 134 valence electrons. The van der Waals surface area contributed by atoms with E-state index in [0.717, 1.165) is 37.3 Å². The van der Waals surface area contributed by atoms with E-state index in [1.54, 1.807) is 0 Å². The van der Waals surface area contributed by atoms with Crippen LogP contribution < -0.4 is 10.6 Å². The third kappa shape index (κ3) is 2.86. The number of fused-ring (bicyclic) bond motifs is 1. The molecule has 4 rings (SSSR count). The highest BCUT2D eigenvalue weighted by Gasteiger charge is 2.57. The van der Waals surface area contributed by atoms with Gasteiger partial charge in [0.15, 0.2) is 11.5 Å². The molecule has 7 heteroatoms. The van der Waals surface area contributed by atoms with Crippen LogP contribution in [0, 0.1) is 5.41 Å². The van der Waals surface area contributed by atoms with Gasteiger partial charge in [-0.05, 0) is 38.3 Å². The van der Waals surface area contributed by atoms with Crippen LogP contribution >= 0.6 is 0 Å². The fraction of sp³-hybridized carbons (Fsp3) is 0.611. The molecule has 2 atom stereocenters. The van der Waals surface area contributed by atoms with Crippen molar-refractivity contribution in [3.8, 4) is 0 Å². The van der Waals surface area contributed by atoms with Crippen LogP contribution in [0.2, 0.25) is 0 Å². The molecular formula is C18H25N5O2. The molecule has 1 spiro atoms. The Hall–Kier alpha value is -2.15. The molecule has 2 fully saturated rings. The van der Waals surface area contributed by atoms with Crippen molar-refractivity contribution in [2.75, 3.05) is 6.61 Å². The van der Waals surface area contributed by atoms with E-state index >= 15 is 0 Å². The second-order valence-corrected chi connectivity index (χ2v) is 7.04. The van der Waals surface area contributed by atoms with Gasteiger partial charge in [-0.1, -0.05) is 18.9 Å². The number of pyridine rings is 1. The van der Waals surface area contributed by atoms with Gasteiger partial charge >= 0.3 is 6.03 Å². The van der Waals surface area contributed by atoms with Gasteiger partial charge in [-0.25, -0.2) is 4.79 Å². The summed E-state index contributed by atoms with van der Waals surface area (Å²) in [5, 5.41) is 14.3. The van der Waals surface area contributed by atoms with Crippen LogP contribution in [0.25, 0.3) is 5.65 Å². The number of ether oxygens (including phenoxy) is 1. The maximum Gasteiger partial charge on any atom is 0.315 e. The quantitative estimate of drug-likeness (QED) is 0.873. The number of urea groups is 1. The Morgan fingerprint density at radius 3 is 3.00 bits per heavy atom. The van der Waals surface area contributed by atoms with Crippen LogP contribution in [0.4, 0.5) is 4.79 Å². The summed E-state index contributed by atoms with van der Waals surface area (Å²) < 4.78 is 7.78. The Morgan fingerprint density at radius 2 is 2.20 bits per heavy atom. The van der Waals surface area contributed by atoms with Gasteiger partial charge in [-0.2, -0.15) is 0 Å². The summed E-state index contributed by atoms with van der Waals surface area (Å²) in [7, 11) is 0. The normalized spacial score (nSPS) is 24.4. The van der Waals surface area contributed by atoms with Crippen molar-refractivity contribution in [2.24, 2.45) is 5.41 Å². The SMILES string of the molecule is CCO[C@@H]1C[C@H](NC(=O)NCc2nnc3ccccn23)C12CCCC2. The number of hydrogen-bond acceptors (Lipinski definition) is 4. The Bertz CT molecular complexity index is 753. The number of aromatic nitrogens is 3. The van der Waals surface area contributed by atoms with Crippen LogP contribution in [-0.4, -0.2) is 39.4 Å². The van der Waals surface area contributed by atoms with Gasteiger partial charge in [-0.3, -0.25) is 4.40 Å². The van der Waals surface area contributed by atoms with E-state index in [0.29, 0.717) is 12.6 Å². The molecular weight excluding hydrogens is 318 g/mol. The number of amides is 2. The summed E-state index contributed by atoms with van der Waals surface area (Å²) in [5.41, 5.74) is 0.928. The first-order valence-corrected chi connectivity index (χ1v) is 9.17. The zero-order valence-corrected chi connectivity index (χ0v) is 14.6. The molecule has 0 saturated heterocycles. The number of nitrogens with zero attached hydrogens (tertiary/aromatic N) is 3. The van der Waals surface area contributed by atoms with Gasteiger partial charge in [-0.15, -0.1) is 10.2 Å². The minimum absolute atomic E-state index is 0.140. The molecule has 2 aromatic rings. The molecule has 25 heavy (non-hydrogen) atoms. The Morgan fingerprint density at radius 1 is 1.36 bits per heavy atom. The predicted octanol–water partition coefficient (Wildman–Crippen LogP) is 2.27. The molecule has 2 aliphatic rings. The fourth-order valence-electron chi connectivity index (χ4n) is 4.47. The third-order valence-corrected chi connectivity index (χ3v) is 5.78. The van der Waals surface area contributed by atoms with Gasteiger partial charge in [0.1, 0.15) is 0 Å². The summed E-state index contributed by atoms with van der Waals surface area (Å²) >= 11 is 0. The molecule has 2 amide bonds. The lowest BCUT2D eigenvalue weighted by Gasteiger charge is -2.53. The highest BCUT2D eigenvalue weighted by molar-refractivity contribution is 5.74. The topological polar surface area (TPSA) is 80.5 Å². The highest BCUT2D eigenvalue weighted by Crippen LogP contribution is 2.54.